The smallest absolute Gasteiger partial charge is 0.0528 e. The molecule has 0 aliphatic heterocycles. The Hall–Kier alpha value is -1.36. The summed E-state index contributed by atoms with van der Waals surface area (Å²) >= 11 is 1.73. The molecular weight excluding hydrogens is 218 g/mol. The first kappa shape index (κ1) is 11.1. The molecule has 1 aromatic heterocycles. The van der Waals surface area contributed by atoms with E-state index in [1.54, 1.807) is 11.3 Å². The second kappa shape index (κ2) is 5.12. The molecule has 2 rings (SSSR count). The predicted octanol–water partition coefficient (Wildman–Crippen LogP) is 2.08. The Labute approximate surface area is 99.1 Å². The van der Waals surface area contributed by atoms with Gasteiger partial charge in [0, 0.05) is 17.0 Å². The van der Waals surface area contributed by atoms with Crippen molar-refractivity contribution in [2.75, 3.05) is 5.73 Å². The second-order valence-corrected chi connectivity index (χ2v) is 4.66. The zero-order valence-corrected chi connectivity index (χ0v) is 9.71. The van der Waals surface area contributed by atoms with Crippen LogP contribution in [0.1, 0.15) is 16.5 Å². The van der Waals surface area contributed by atoms with Gasteiger partial charge in [0.2, 0.25) is 0 Å². The highest BCUT2D eigenvalue weighted by Gasteiger charge is 2.13. The largest absolute Gasteiger partial charge is 0.398 e. The molecule has 5 N–H and O–H groups in total. The number of nitrogens with two attached hydrogens (primary N) is 2. The molecule has 1 heterocycles. The topological polar surface area (TPSA) is 64.1 Å². The van der Waals surface area contributed by atoms with Crippen molar-refractivity contribution in [3.8, 4) is 0 Å². The van der Waals surface area contributed by atoms with E-state index in [1.165, 1.54) is 4.88 Å². The van der Waals surface area contributed by atoms with Crippen LogP contribution in [0.5, 0.6) is 0 Å². The van der Waals surface area contributed by atoms with E-state index >= 15 is 0 Å². The van der Waals surface area contributed by atoms with Gasteiger partial charge in [-0.3, -0.25) is 11.3 Å². The lowest BCUT2D eigenvalue weighted by molar-refractivity contribution is 0.557. The van der Waals surface area contributed by atoms with Gasteiger partial charge in [-0.1, -0.05) is 24.3 Å². The van der Waals surface area contributed by atoms with Crippen molar-refractivity contribution >= 4 is 17.0 Å². The van der Waals surface area contributed by atoms with Crippen molar-refractivity contribution in [1.82, 2.24) is 5.43 Å². The number of hydrazine groups is 1. The van der Waals surface area contributed by atoms with E-state index < -0.39 is 0 Å². The van der Waals surface area contributed by atoms with Crippen LogP contribution in [0.2, 0.25) is 0 Å². The zero-order valence-electron chi connectivity index (χ0n) is 8.89. The molecular formula is C12H15N3S. The van der Waals surface area contributed by atoms with Crippen LogP contribution >= 0.6 is 11.3 Å². The maximum Gasteiger partial charge on any atom is 0.0528 e. The number of rotatable bonds is 4. The minimum atomic E-state index is 0.0693. The van der Waals surface area contributed by atoms with Gasteiger partial charge in [-0.25, -0.2) is 0 Å². The van der Waals surface area contributed by atoms with Gasteiger partial charge in [-0.2, -0.15) is 0 Å². The molecule has 0 aliphatic rings. The first-order valence-electron chi connectivity index (χ1n) is 5.14. The number of thiophene rings is 1. The van der Waals surface area contributed by atoms with Crippen molar-refractivity contribution < 1.29 is 0 Å². The lowest BCUT2D eigenvalue weighted by Gasteiger charge is -2.17. The number of benzene rings is 1. The van der Waals surface area contributed by atoms with E-state index in [4.69, 9.17) is 11.6 Å². The third-order valence-electron chi connectivity index (χ3n) is 2.56. The Bertz CT molecular complexity index is 439. The quantitative estimate of drug-likeness (QED) is 0.430. The molecule has 16 heavy (non-hydrogen) atoms. The van der Waals surface area contributed by atoms with Gasteiger partial charge in [0.15, 0.2) is 0 Å². The van der Waals surface area contributed by atoms with Crippen molar-refractivity contribution in [3.63, 3.8) is 0 Å². The fourth-order valence-corrected chi connectivity index (χ4v) is 2.47. The Kier molecular flexibility index (Phi) is 3.56. The predicted molar refractivity (Wildman–Crippen MR) is 68.9 cm³/mol. The van der Waals surface area contributed by atoms with Crippen molar-refractivity contribution in [2.24, 2.45) is 5.84 Å². The normalized spacial score (nSPS) is 12.6. The lowest BCUT2D eigenvalue weighted by Crippen LogP contribution is -2.29. The molecule has 0 radical (unpaired) electrons. The molecule has 3 nitrogen and oxygen atoms in total. The van der Waals surface area contributed by atoms with Gasteiger partial charge >= 0.3 is 0 Å². The summed E-state index contributed by atoms with van der Waals surface area (Å²) < 4.78 is 0. The number of nitrogen functional groups attached to an aromatic ring is 1. The van der Waals surface area contributed by atoms with Crippen LogP contribution in [-0.4, -0.2) is 0 Å². The van der Waals surface area contributed by atoms with Crippen LogP contribution in [-0.2, 0) is 6.42 Å². The maximum atomic E-state index is 5.93. The van der Waals surface area contributed by atoms with E-state index in [1.807, 2.05) is 30.3 Å². The van der Waals surface area contributed by atoms with Gasteiger partial charge < -0.3 is 5.73 Å². The molecule has 1 aromatic carbocycles. The van der Waals surface area contributed by atoms with Crippen LogP contribution in [0, 0.1) is 0 Å². The highest BCUT2D eigenvalue weighted by Crippen LogP contribution is 2.24. The molecule has 1 unspecified atom stereocenters. The lowest BCUT2D eigenvalue weighted by atomic mass is 10.0. The van der Waals surface area contributed by atoms with Crippen molar-refractivity contribution in [2.45, 2.75) is 12.5 Å². The average Bonchev–Trinajstić information content (AvgIpc) is 2.80. The molecule has 0 bridgehead atoms. The SMILES string of the molecule is NNC(Cc1cccs1)c1ccccc1N. The monoisotopic (exact) mass is 233 g/mol. The van der Waals surface area contributed by atoms with Gasteiger partial charge in [0.05, 0.1) is 6.04 Å². The minimum Gasteiger partial charge on any atom is -0.398 e. The number of para-hydroxylation sites is 1. The summed E-state index contributed by atoms with van der Waals surface area (Å²) in [6.07, 6.45) is 0.863. The number of nitrogens with one attached hydrogen (secondary N) is 1. The van der Waals surface area contributed by atoms with Crippen LogP contribution in [0.15, 0.2) is 41.8 Å². The molecule has 1 atom stereocenters. The van der Waals surface area contributed by atoms with E-state index in [9.17, 15) is 0 Å². The summed E-state index contributed by atoms with van der Waals surface area (Å²) in [5.41, 5.74) is 10.6. The molecule has 2 aromatic rings. The molecule has 84 valence electrons. The Morgan fingerprint density at radius 3 is 2.62 bits per heavy atom. The van der Waals surface area contributed by atoms with Crippen LogP contribution in [0.3, 0.4) is 0 Å². The first-order chi connectivity index (χ1) is 7.81. The van der Waals surface area contributed by atoms with Crippen molar-refractivity contribution in [3.05, 3.63) is 52.2 Å². The van der Waals surface area contributed by atoms with Crippen molar-refractivity contribution in [1.29, 1.82) is 0 Å². The van der Waals surface area contributed by atoms with Gasteiger partial charge in [-0.05, 0) is 23.1 Å². The van der Waals surface area contributed by atoms with Crippen LogP contribution in [0.25, 0.3) is 0 Å². The van der Waals surface area contributed by atoms with E-state index in [-0.39, 0.29) is 6.04 Å². The number of anilines is 1. The summed E-state index contributed by atoms with van der Waals surface area (Å²) in [5, 5.41) is 2.07. The second-order valence-electron chi connectivity index (χ2n) is 3.63. The molecule has 4 heteroatoms. The Balaban J connectivity index is 2.20. The van der Waals surface area contributed by atoms with E-state index in [2.05, 4.69) is 16.9 Å². The highest BCUT2D eigenvalue weighted by molar-refractivity contribution is 7.09. The zero-order chi connectivity index (χ0) is 11.4. The third-order valence-corrected chi connectivity index (χ3v) is 3.46. The summed E-state index contributed by atoms with van der Waals surface area (Å²) in [4.78, 5) is 1.30. The average molecular weight is 233 g/mol. The Morgan fingerprint density at radius 1 is 1.19 bits per heavy atom. The summed E-state index contributed by atoms with van der Waals surface area (Å²) in [7, 11) is 0. The van der Waals surface area contributed by atoms with Gasteiger partial charge in [0.25, 0.3) is 0 Å². The fourth-order valence-electron chi connectivity index (χ4n) is 1.72. The van der Waals surface area contributed by atoms with Gasteiger partial charge in [-0.15, -0.1) is 11.3 Å². The van der Waals surface area contributed by atoms with Crippen LogP contribution in [0.4, 0.5) is 5.69 Å². The summed E-state index contributed by atoms with van der Waals surface area (Å²) in [5.74, 6) is 5.59. The van der Waals surface area contributed by atoms with Gasteiger partial charge in [0.1, 0.15) is 0 Å². The molecule has 0 spiro atoms. The molecule has 0 saturated heterocycles. The van der Waals surface area contributed by atoms with E-state index in [0.717, 1.165) is 17.7 Å². The minimum absolute atomic E-state index is 0.0693. The molecule has 0 fully saturated rings. The third kappa shape index (κ3) is 2.41. The van der Waals surface area contributed by atoms with Crippen LogP contribution < -0.4 is 17.0 Å². The standard InChI is InChI=1S/C12H15N3S/c13-11-6-2-1-5-10(11)12(15-14)8-9-4-3-7-16-9/h1-7,12,15H,8,13-14H2. The molecule has 0 amide bonds. The molecule has 0 saturated carbocycles. The molecule has 0 aliphatic carbocycles. The highest BCUT2D eigenvalue weighted by atomic mass is 32.1. The summed E-state index contributed by atoms with van der Waals surface area (Å²) in [6, 6.07) is 12.0. The summed E-state index contributed by atoms with van der Waals surface area (Å²) in [6.45, 7) is 0. The van der Waals surface area contributed by atoms with E-state index in [0.29, 0.717) is 0 Å². The first-order valence-corrected chi connectivity index (χ1v) is 6.02. The fraction of sp³-hybridized carbons (Fsp3) is 0.167. The number of hydrogen-bond donors (Lipinski definition) is 3. The Morgan fingerprint density at radius 2 is 2.00 bits per heavy atom. The maximum absolute atomic E-state index is 5.93. The number of hydrogen-bond acceptors (Lipinski definition) is 4.